The molecule has 72 valence electrons. The summed E-state index contributed by atoms with van der Waals surface area (Å²) in [4.78, 5) is 0. The summed E-state index contributed by atoms with van der Waals surface area (Å²) in [6.07, 6.45) is 0. The van der Waals surface area contributed by atoms with Crippen molar-refractivity contribution in [3.8, 4) is 5.75 Å². The van der Waals surface area contributed by atoms with Gasteiger partial charge >= 0.3 is 0 Å². The van der Waals surface area contributed by atoms with Crippen LogP contribution in [0.5, 0.6) is 5.75 Å². The molecule has 0 aliphatic heterocycles. The van der Waals surface area contributed by atoms with Crippen molar-refractivity contribution >= 4 is 0 Å². The maximum absolute atomic E-state index is 12.7. The highest BCUT2D eigenvalue weighted by Gasteiger charge is 2.09. The van der Waals surface area contributed by atoms with Gasteiger partial charge in [-0.3, -0.25) is 0 Å². The lowest BCUT2D eigenvalue weighted by Crippen LogP contribution is -1.99. The Balaban J connectivity index is 3.09. The van der Waals surface area contributed by atoms with Gasteiger partial charge in [0.1, 0.15) is 5.75 Å². The molecule has 0 radical (unpaired) electrons. The van der Waals surface area contributed by atoms with Gasteiger partial charge in [0.25, 0.3) is 0 Å². The largest absolute Gasteiger partial charge is 0.493 e. The number of hydrogen-bond acceptors (Lipinski definition) is 2. The summed E-state index contributed by atoms with van der Waals surface area (Å²) >= 11 is 0. The Bertz CT molecular complexity index is 300. The van der Waals surface area contributed by atoms with Crippen LogP contribution in [-0.2, 0) is 6.61 Å². The zero-order valence-electron chi connectivity index (χ0n) is 7.18. The number of rotatable bonds is 3. The quantitative estimate of drug-likeness (QED) is 0.784. The Kier molecular flexibility index (Phi) is 3.19. The van der Waals surface area contributed by atoms with E-state index in [1.165, 1.54) is 0 Å². The average Bonchev–Trinajstić information content (AvgIpc) is 2.11. The van der Waals surface area contributed by atoms with Gasteiger partial charge in [0.05, 0.1) is 13.2 Å². The molecule has 0 saturated carbocycles. The predicted octanol–water partition coefficient (Wildman–Crippen LogP) is 1.86. The standard InChI is InChI=1S/C9H10F2O2/c1-2-13-9-4-8(11)7(10)3-6(9)5-12/h3-4,12H,2,5H2,1H3. The molecule has 0 atom stereocenters. The highest BCUT2D eigenvalue weighted by molar-refractivity contribution is 5.34. The van der Waals surface area contributed by atoms with Crippen LogP contribution in [0.4, 0.5) is 8.78 Å². The minimum atomic E-state index is -0.979. The van der Waals surface area contributed by atoms with Gasteiger partial charge in [-0.1, -0.05) is 0 Å². The first kappa shape index (κ1) is 9.92. The molecule has 0 aromatic heterocycles. The Morgan fingerprint density at radius 2 is 1.92 bits per heavy atom. The van der Waals surface area contributed by atoms with Crippen molar-refractivity contribution in [1.82, 2.24) is 0 Å². The zero-order valence-corrected chi connectivity index (χ0v) is 7.18. The highest BCUT2D eigenvalue weighted by Crippen LogP contribution is 2.22. The Morgan fingerprint density at radius 3 is 2.46 bits per heavy atom. The summed E-state index contributed by atoms with van der Waals surface area (Å²) < 4.78 is 30.3. The van der Waals surface area contributed by atoms with E-state index in [1.54, 1.807) is 6.92 Å². The molecule has 2 nitrogen and oxygen atoms in total. The van der Waals surface area contributed by atoms with Gasteiger partial charge in [-0.2, -0.15) is 0 Å². The normalized spacial score (nSPS) is 10.2. The van der Waals surface area contributed by atoms with E-state index in [9.17, 15) is 8.78 Å². The fourth-order valence-corrected chi connectivity index (χ4v) is 0.983. The molecule has 1 aromatic rings. The van der Waals surface area contributed by atoms with Gasteiger partial charge in [-0.25, -0.2) is 8.78 Å². The van der Waals surface area contributed by atoms with Crippen LogP contribution in [-0.4, -0.2) is 11.7 Å². The third-order valence-electron chi connectivity index (χ3n) is 1.57. The Hall–Kier alpha value is -1.16. The molecule has 0 fully saturated rings. The lowest BCUT2D eigenvalue weighted by atomic mass is 10.2. The second-order valence-corrected chi connectivity index (χ2v) is 2.47. The Morgan fingerprint density at radius 1 is 1.31 bits per heavy atom. The van der Waals surface area contributed by atoms with Crippen molar-refractivity contribution in [3.63, 3.8) is 0 Å². The van der Waals surface area contributed by atoms with E-state index in [2.05, 4.69) is 0 Å². The fourth-order valence-electron chi connectivity index (χ4n) is 0.983. The van der Waals surface area contributed by atoms with Gasteiger partial charge in [-0.05, 0) is 13.0 Å². The second-order valence-electron chi connectivity index (χ2n) is 2.47. The van der Waals surface area contributed by atoms with Gasteiger partial charge in [-0.15, -0.1) is 0 Å². The molecule has 1 aromatic carbocycles. The van der Waals surface area contributed by atoms with E-state index >= 15 is 0 Å². The van der Waals surface area contributed by atoms with Gasteiger partial charge in [0.2, 0.25) is 0 Å². The van der Waals surface area contributed by atoms with Crippen LogP contribution in [0.25, 0.3) is 0 Å². The number of halogens is 2. The summed E-state index contributed by atoms with van der Waals surface area (Å²) in [5, 5.41) is 8.79. The van der Waals surface area contributed by atoms with Crippen molar-refractivity contribution in [1.29, 1.82) is 0 Å². The molecule has 0 aliphatic carbocycles. The summed E-state index contributed by atoms with van der Waals surface area (Å²) in [7, 11) is 0. The highest BCUT2D eigenvalue weighted by atomic mass is 19.2. The van der Waals surface area contributed by atoms with Crippen LogP contribution in [0.3, 0.4) is 0 Å². The molecule has 0 bridgehead atoms. The predicted molar refractivity (Wildman–Crippen MR) is 43.4 cm³/mol. The number of aliphatic hydroxyl groups excluding tert-OH is 1. The van der Waals surface area contributed by atoms with Crippen LogP contribution in [0.15, 0.2) is 12.1 Å². The van der Waals surface area contributed by atoms with Crippen LogP contribution in [0, 0.1) is 11.6 Å². The second kappa shape index (κ2) is 4.18. The first-order valence-electron chi connectivity index (χ1n) is 3.90. The van der Waals surface area contributed by atoms with Gasteiger partial charge < -0.3 is 9.84 Å². The average molecular weight is 188 g/mol. The molecule has 4 heteroatoms. The molecule has 0 saturated heterocycles. The number of benzene rings is 1. The fraction of sp³-hybridized carbons (Fsp3) is 0.333. The van der Waals surface area contributed by atoms with Crippen molar-refractivity contribution in [2.75, 3.05) is 6.61 Å². The molecule has 1 N–H and O–H groups in total. The molecule has 0 aliphatic rings. The maximum atomic E-state index is 12.7. The van der Waals surface area contributed by atoms with Crippen molar-refractivity contribution < 1.29 is 18.6 Å². The third-order valence-corrected chi connectivity index (χ3v) is 1.57. The topological polar surface area (TPSA) is 29.5 Å². The van der Waals surface area contributed by atoms with Crippen LogP contribution < -0.4 is 4.74 Å². The van der Waals surface area contributed by atoms with Crippen LogP contribution in [0.2, 0.25) is 0 Å². The van der Waals surface area contributed by atoms with E-state index in [4.69, 9.17) is 9.84 Å². The third kappa shape index (κ3) is 2.15. The molecule has 13 heavy (non-hydrogen) atoms. The van der Waals surface area contributed by atoms with Crippen LogP contribution >= 0.6 is 0 Å². The van der Waals surface area contributed by atoms with E-state index < -0.39 is 11.6 Å². The summed E-state index contributed by atoms with van der Waals surface area (Å²) in [5.41, 5.74) is 0.251. The zero-order chi connectivity index (χ0) is 9.84. The van der Waals surface area contributed by atoms with E-state index in [-0.39, 0.29) is 17.9 Å². The molecule has 0 amide bonds. The number of aliphatic hydroxyl groups is 1. The van der Waals surface area contributed by atoms with Crippen molar-refractivity contribution in [2.24, 2.45) is 0 Å². The van der Waals surface area contributed by atoms with Crippen LogP contribution in [0.1, 0.15) is 12.5 Å². The SMILES string of the molecule is CCOc1cc(F)c(F)cc1CO. The monoisotopic (exact) mass is 188 g/mol. The minimum Gasteiger partial charge on any atom is -0.493 e. The van der Waals surface area contributed by atoms with Crippen molar-refractivity contribution in [2.45, 2.75) is 13.5 Å². The molecular formula is C9H10F2O2. The lowest BCUT2D eigenvalue weighted by Gasteiger charge is -2.08. The molecular weight excluding hydrogens is 178 g/mol. The summed E-state index contributed by atoms with van der Waals surface area (Å²) in [6.45, 7) is 1.70. The summed E-state index contributed by atoms with van der Waals surface area (Å²) in [5.74, 6) is -1.77. The number of hydrogen-bond donors (Lipinski definition) is 1. The molecule has 0 unspecified atom stereocenters. The summed E-state index contributed by atoms with van der Waals surface area (Å²) in [6, 6.07) is 1.87. The first-order valence-corrected chi connectivity index (χ1v) is 3.90. The van der Waals surface area contributed by atoms with Gasteiger partial charge in [0, 0.05) is 11.6 Å². The maximum Gasteiger partial charge on any atom is 0.162 e. The lowest BCUT2D eigenvalue weighted by molar-refractivity contribution is 0.265. The molecule has 0 spiro atoms. The number of ether oxygens (including phenoxy) is 1. The van der Waals surface area contributed by atoms with Gasteiger partial charge in [0.15, 0.2) is 11.6 Å². The first-order chi connectivity index (χ1) is 6.19. The molecule has 0 heterocycles. The minimum absolute atomic E-state index is 0.184. The van der Waals surface area contributed by atoms with E-state index in [1.807, 2.05) is 0 Å². The van der Waals surface area contributed by atoms with E-state index in [0.717, 1.165) is 12.1 Å². The molecule has 1 rings (SSSR count). The smallest absolute Gasteiger partial charge is 0.162 e. The Labute approximate surface area is 74.8 Å². The van der Waals surface area contributed by atoms with Crippen molar-refractivity contribution in [3.05, 3.63) is 29.3 Å². The van der Waals surface area contributed by atoms with E-state index in [0.29, 0.717) is 6.61 Å².